The third-order valence-electron chi connectivity index (χ3n) is 1.84. The molecule has 0 unspecified atom stereocenters. The highest BCUT2D eigenvalue weighted by Gasteiger charge is 2.01. The Hall–Kier alpha value is -1.36. The highest BCUT2D eigenvalue weighted by atomic mass is 32.2. The maximum Gasteiger partial charge on any atom is 0.184 e. The molecule has 1 aromatic heterocycles. The van der Waals surface area contributed by atoms with Crippen LogP contribution >= 0.6 is 11.8 Å². The molecule has 1 heterocycles. The zero-order chi connectivity index (χ0) is 9.80. The van der Waals surface area contributed by atoms with Crippen molar-refractivity contribution in [3.05, 3.63) is 35.7 Å². The smallest absolute Gasteiger partial charge is 0.177 e. The number of hydrogen-bond donors (Lipinski definition) is 1. The van der Waals surface area contributed by atoms with E-state index in [-0.39, 0.29) is 0 Å². The van der Waals surface area contributed by atoms with Crippen molar-refractivity contribution in [2.45, 2.75) is 17.6 Å². The molecule has 0 saturated carbocycles. The van der Waals surface area contributed by atoms with Crippen LogP contribution in [0, 0.1) is 6.92 Å². The van der Waals surface area contributed by atoms with Gasteiger partial charge in [-0.05, 0) is 18.6 Å². The average Bonchev–Trinajstić information content (AvgIpc) is 2.69. The summed E-state index contributed by atoms with van der Waals surface area (Å²) in [5, 5.41) is 13.7. The van der Waals surface area contributed by atoms with Crippen molar-refractivity contribution in [1.29, 1.82) is 0 Å². The Bertz CT molecular complexity index is 399. The van der Waals surface area contributed by atoms with Crippen LogP contribution < -0.4 is 0 Å². The minimum Gasteiger partial charge on any atom is -0.177 e. The zero-order valence-corrected chi connectivity index (χ0v) is 8.58. The van der Waals surface area contributed by atoms with E-state index >= 15 is 0 Å². The molecule has 5 heteroatoms. The Labute approximate surface area is 86.1 Å². The number of nitrogens with one attached hydrogen (secondary N) is 1. The van der Waals surface area contributed by atoms with E-state index in [2.05, 4.69) is 39.7 Å². The van der Waals surface area contributed by atoms with E-state index in [1.54, 1.807) is 11.8 Å². The van der Waals surface area contributed by atoms with Crippen molar-refractivity contribution in [3.8, 4) is 0 Å². The number of thioether (sulfide) groups is 1. The fourth-order valence-electron chi connectivity index (χ4n) is 1.10. The number of hydrogen-bond acceptors (Lipinski definition) is 4. The molecule has 0 radical (unpaired) electrons. The molecule has 4 nitrogen and oxygen atoms in total. The van der Waals surface area contributed by atoms with Gasteiger partial charge in [-0.25, -0.2) is 0 Å². The van der Waals surface area contributed by atoms with Gasteiger partial charge in [0.1, 0.15) is 0 Å². The number of tetrazole rings is 1. The van der Waals surface area contributed by atoms with Gasteiger partial charge in [0.05, 0.1) is 5.75 Å². The van der Waals surface area contributed by atoms with Gasteiger partial charge in [0.25, 0.3) is 0 Å². The van der Waals surface area contributed by atoms with Crippen LogP contribution in [-0.4, -0.2) is 20.6 Å². The molecule has 1 aromatic carbocycles. The van der Waals surface area contributed by atoms with Gasteiger partial charge in [0.2, 0.25) is 0 Å². The van der Waals surface area contributed by atoms with Crippen molar-refractivity contribution >= 4 is 11.8 Å². The van der Waals surface area contributed by atoms with Crippen LogP contribution in [0.3, 0.4) is 0 Å². The lowest BCUT2D eigenvalue weighted by Crippen LogP contribution is -1.85. The molecule has 14 heavy (non-hydrogen) atoms. The Morgan fingerprint density at radius 2 is 2.21 bits per heavy atom. The van der Waals surface area contributed by atoms with Gasteiger partial charge in [-0.2, -0.15) is 5.21 Å². The molecule has 0 aliphatic rings. The predicted molar refractivity (Wildman–Crippen MR) is 54.9 cm³/mol. The summed E-state index contributed by atoms with van der Waals surface area (Å²) in [5.74, 6) is 1.49. The second kappa shape index (κ2) is 4.23. The fourth-order valence-corrected chi connectivity index (χ4v) is 1.98. The lowest BCUT2D eigenvalue weighted by molar-refractivity contribution is 0.881. The van der Waals surface area contributed by atoms with Crippen LogP contribution in [0.1, 0.15) is 11.4 Å². The van der Waals surface area contributed by atoms with Crippen LogP contribution in [0.2, 0.25) is 0 Å². The van der Waals surface area contributed by atoms with Crippen molar-refractivity contribution in [2.75, 3.05) is 0 Å². The van der Waals surface area contributed by atoms with Crippen LogP contribution in [-0.2, 0) is 5.75 Å². The zero-order valence-electron chi connectivity index (χ0n) is 7.77. The third kappa shape index (κ3) is 2.11. The predicted octanol–water partition coefficient (Wildman–Crippen LogP) is 1.80. The van der Waals surface area contributed by atoms with E-state index in [1.807, 2.05) is 12.1 Å². The molecule has 0 saturated heterocycles. The molecule has 0 aliphatic heterocycles. The third-order valence-corrected chi connectivity index (χ3v) is 3.01. The number of aromatic amines is 1. The number of nitrogens with zero attached hydrogens (tertiary/aromatic N) is 3. The van der Waals surface area contributed by atoms with Crippen LogP contribution in [0.25, 0.3) is 0 Å². The largest absolute Gasteiger partial charge is 0.184 e. The highest BCUT2D eigenvalue weighted by Crippen LogP contribution is 2.23. The van der Waals surface area contributed by atoms with Crippen LogP contribution in [0.5, 0.6) is 0 Å². The Morgan fingerprint density at radius 3 is 2.93 bits per heavy atom. The summed E-state index contributed by atoms with van der Waals surface area (Å²) in [4.78, 5) is 1.26. The van der Waals surface area contributed by atoms with E-state index in [4.69, 9.17) is 0 Å². The maximum atomic E-state index is 3.89. The SMILES string of the molecule is Cc1ccccc1SCc1nn[nH]n1. The average molecular weight is 206 g/mol. The number of aromatic nitrogens is 4. The minimum absolute atomic E-state index is 0.734. The molecular formula is C9H10N4S. The van der Waals surface area contributed by atoms with Gasteiger partial charge >= 0.3 is 0 Å². The Morgan fingerprint density at radius 1 is 1.36 bits per heavy atom. The Kier molecular flexibility index (Phi) is 2.78. The van der Waals surface area contributed by atoms with Crippen molar-refractivity contribution in [3.63, 3.8) is 0 Å². The standard InChI is InChI=1S/C9H10N4S/c1-7-4-2-3-5-8(7)14-6-9-10-12-13-11-9/h2-5H,6H2,1H3,(H,10,11,12,13). The summed E-state index contributed by atoms with van der Waals surface area (Å²) >= 11 is 1.72. The second-order valence-electron chi connectivity index (χ2n) is 2.88. The lowest BCUT2D eigenvalue weighted by Gasteiger charge is -2.01. The topological polar surface area (TPSA) is 54.5 Å². The first-order valence-corrected chi connectivity index (χ1v) is 5.25. The van der Waals surface area contributed by atoms with E-state index < -0.39 is 0 Å². The highest BCUT2D eigenvalue weighted by molar-refractivity contribution is 7.98. The van der Waals surface area contributed by atoms with Crippen molar-refractivity contribution < 1.29 is 0 Å². The van der Waals surface area contributed by atoms with E-state index in [0.29, 0.717) is 0 Å². The molecule has 0 bridgehead atoms. The van der Waals surface area contributed by atoms with E-state index in [1.165, 1.54) is 10.5 Å². The van der Waals surface area contributed by atoms with Gasteiger partial charge in [-0.1, -0.05) is 23.4 Å². The number of aryl methyl sites for hydroxylation is 1. The first-order chi connectivity index (χ1) is 6.86. The molecule has 0 fully saturated rings. The monoisotopic (exact) mass is 206 g/mol. The number of rotatable bonds is 3. The van der Waals surface area contributed by atoms with Gasteiger partial charge in [0.15, 0.2) is 5.82 Å². The second-order valence-corrected chi connectivity index (χ2v) is 3.90. The Balaban J connectivity index is 2.02. The minimum atomic E-state index is 0.734. The summed E-state index contributed by atoms with van der Waals surface area (Å²) in [7, 11) is 0. The summed E-state index contributed by atoms with van der Waals surface area (Å²) < 4.78 is 0. The molecule has 0 amide bonds. The molecule has 0 aliphatic carbocycles. The van der Waals surface area contributed by atoms with Crippen LogP contribution in [0.4, 0.5) is 0 Å². The van der Waals surface area contributed by atoms with Gasteiger partial charge in [0, 0.05) is 4.90 Å². The quantitative estimate of drug-likeness (QED) is 0.778. The van der Waals surface area contributed by atoms with E-state index in [0.717, 1.165) is 11.6 Å². The van der Waals surface area contributed by atoms with Gasteiger partial charge < -0.3 is 0 Å². The lowest BCUT2D eigenvalue weighted by atomic mass is 10.2. The molecule has 0 atom stereocenters. The first-order valence-electron chi connectivity index (χ1n) is 4.27. The van der Waals surface area contributed by atoms with Crippen LogP contribution in [0.15, 0.2) is 29.2 Å². The number of benzene rings is 1. The number of H-pyrrole nitrogens is 1. The first kappa shape index (κ1) is 9.21. The van der Waals surface area contributed by atoms with E-state index in [9.17, 15) is 0 Å². The normalized spacial score (nSPS) is 10.4. The maximum absolute atomic E-state index is 3.89. The van der Waals surface area contributed by atoms with Gasteiger partial charge in [-0.3, -0.25) is 0 Å². The summed E-state index contributed by atoms with van der Waals surface area (Å²) in [6.45, 7) is 2.10. The molecule has 2 rings (SSSR count). The van der Waals surface area contributed by atoms with Crippen molar-refractivity contribution in [2.24, 2.45) is 0 Å². The fraction of sp³-hybridized carbons (Fsp3) is 0.222. The van der Waals surface area contributed by atoms with Gasteiger partial charge in [-0.15, -0.1) is 22.0 Å². The molecule has 1 N–H and O–H groups in total. The summed E-state index contributed by atoms with van der Waals surface area (Å²) in [5.41, 5.74) is 1.28. The summed E-state index contributed by atoms with van der Waals surface area (Å²) in [6, 6.07) is 8.26. The molecule has 0 spiro atoms. The molecule has 72 valence electrons. The summed E-state index contributed by atoms with van der Waals surface area (Å²) in [6.07, 6.45) is 0. The molecular weight excluding hydrogens is 196 g/mol. The van der Waals surface area contributed by atoms with Crippen molar-refractivity contribution in [1.82, 2.24) is 20.6 Å². The molecule has 2 aromatic rings.